The summed E-state index contributed by atoms with van der Waals surface area (Å²) in [5.41, 5.74) is 2.23. The van der Waals surface area contributed by atoms with E-state index in [1.165, 1.54) is 0 Å². The molecule has 3 rings (SSSR count). The number of nitrogens with zero attached hydrogens (tertiary/aromatic N) is 1. The van der Waals surface area contributed by atoms with Crippen LogP contribution in [0.4, 0.5) is 0 Å². The second-order valence-electron chi connectivity index (χ2n) is 8.73. The van der Waals surface area contributed by atoms with Crippen molar-refractivity contribution >= 4 is 17.8 Å². The SMILES string of the molecule is C[C@H]1CNC(=O)[C@@H](CC(=O)N2Cc3ccccc3C[C@H]2CO)CC=CCCCCC(=O)O1. The molecule has 2 aliphatic rings. The number of allylic oxidation sites excluding steroid dienone is 2. The number of amides is 2. The average molecular weight is 443 g/mol. The second kappa shape index (κ2) is 11.8. The van der Waals surface area contributed by atoms with E-state index in [1.807, 2.05) is 36.4 Å². The Kier molecular flexibility index (Phi) is 8.85. The van der Waals surface area contributed by atoms with Gasteiger partial charge in [-0.3, -0.25) is 14.4 Å². The Bertz CT molecular complexity index is 837. The Hall–Kier alpha value is -2.67. The van der Waals surface area contributed by atoms with Crippen molar-refractivity contribution < 1.29 is 24.2 Å². The molecule has 32 heavy (non-hydrogen) atoms. The molecule has 1 aromatic rings. The van der Waals surface area contributed by atoms with Crippen molar-refractivity contribution in [3.8, 4) is 0 Å². The Morgan fingerprint density at radius 1 is 1.19 bits per heavy atom. The highest BCUT2D eigenvalue weighted by molar-refractivity contribution is 5.86. The predicted octanol–water partition coefficient (Wildman–Crippen LogP) is 2.51. The zero-order valence-electron chi connectivity index (χ0n) is 18.8. The van der Waals surface area contributed by atoms with Gasteiger partial charge in [-0.05, 0) is 50.2 Å². The van der Waals surface area contributed by atoms with Crippen molar-refractivity contribution in [3.63, 3.8) is 0 Å². The van der Waals surface area contributed by atoms with Crippen molar-refractivity contribution in [1.29, 1.82) is 0 Å². The maximum atomic E-state index is 13.2. The molecule has 2 amide bonds. The zero-order chi connectivity index (χ0) is 22.9. The van der Waals surface area contributed by atoms with Crippen molar-refractivity contribution in [3.05, 3.63) is 47.5 Å². The maximum Gasteiger partial charge on any atom is 0.306 e. The normalized spacial score (nSPS) is 25.3. The monoisotopic (exact) mass is 442 g/mol. The third kappa shape index (κ3) is 6.66. The van der Waals surface area contributed by atoms with E-state index in [9.17, 15) is 19.5 Å². The number of rotatable bonds is 3. The van der Waals surface area contributed by atoms with Gasteiger partial charge in [-0.2, -0.15) is 0 Å². The smallest absolute Gasteiger partial charge is 0.306 e. The summed E-state index contributed by atoms with van der Waals surface area (Å²) in [6, 6.07) is 7.67. The molecule has 0 fully saturated rings. The number of carbonyl (C=O) groups excluding carboxylic acids is 3. The lowest BCUT2D eigenvalue weighted by atomic mass is 9.92. The Labute approximate surface area is 189 Å². The molecule has 3 atom stereocenters. The van der Waals surface area contributed by atoms with Crippen molar-refractivity contribution in [2.24, 2.45) is 5.92 Å². The minimum absolute atomic E-state index is 0.0724. The minimum atomic E-state index is -0.513. The number of nitrogens with one attached hydrogen (secondary N) is 1. The first-order valence-electron chi connectivity index (χ1n) is 11.6. The van der Waals surface area contributed by atoms with Crippen LogP contribution in [0.15, 0.2) is 36.4 Å². The number of hydrogen-bond acceptors (Lipinski definition) is 5. The Morgan fingerprint density at radius 3 is 2.75 bits per heavy atom. The van der Waals surface area contributed by atoms with Crippen LogP contribution < -0.4 is 5.32 Å². The van der Waals surface area contributed by atoms with Gasteiger partial charge in [-0.25, -0.2) is 0 Å². The molecule has 0 spiro atoms. The largest absolute Gasteiger partial charge is 0.461 e. The van der Waals surface area contributed by atoms with Crippen LogP contribution in [0.25, 0.3) is 0 Å². The average Bonchev–Trinajstić information content (AvgIpc) is 2.79. The van der Waals surface area contributed by atoms with E-state index >= 15 is 0 Å². The highest BCUT2D eigenvalue weighted by atomic mass is 16.5. The molecule has 7 heteroatoms. The molecule has 0 aromatic heterocycles. The Balaban J connectivity index is 1.69. The quantitative estimate of drug-likeness (QED) is 0.554. The first-order valence-corrected chi connectivity index (χ1v) is 11.6. The van der Waals surface area contributed by atoms with Gasteiger partial charge in [0.25, 0.3) is 0 Å². The van der Waals surface area contributed by atoms with Gasteiger partial charge in [0.05, 0.1) is 25.1 Å². The molecule has 174 valence electrons. The van der Waals surface area contributed by atoms with Gasteiger partial charge in [0, 0.05) is 19.4 Å². The van der Waals surface area contributed by atoms with E-state index in [2.05, 4.69) is 5.32 Å². The molecule has 2 aliphatic heterocycles. The highest BCUT2D eigenvalue weighted by Crippen LogP contribution is 2.25. The van der Waals surface area contributed by atoms with E-state index in [0.717, 1.165) is 30.4 Å². The van der Waals surface area contributed by atoms with E-state index < -0.39 is 12.0 Å². The van der Waals surface area contributed by atoms with Gasteiger partial charge in [-0.1, -0.05) is 36.4 Å². The minimum Gasteiger partial charge on any atom is -0.461 e. The zero-order valence-corrected chi connectivity index (χ0v) is 18.8. The Morgan fingerprint density at radius 2 is 1.97 bits per heavy atom. The molecule has 0 saturated heterocycles. The standard InChI is InChI=1S/C25H34N2O5/c1-18-15-26-25(31)20(10-5-3-2-4-6-12-24(30)32-18)14-23(29)27-16-21-11-8-7-9-19(21)13-22(27)17-28/h3,5,7-9,11,18,20,22,28H,2,4,6,10,12-17H2,1H3,(H,26,31)/t18-,20+,22-/m0/s1. The van der Waals surface area contributed by atoms with Crippen molar-refractivity contribution in [1.82, 2.24) is 10.2 Å². The number of cyclic esters (lactones) is 1. The number of esters is 1. The number of aliphatic hydroxyl groups is 1. The van der Waals surface area contributed by atoms with E-state index in [-0.39, 0.29) is 43.4 Å². The maximum absolute atomic E-state index is 13.2. The summed E-state index contributed by atoms with van der Waals surface area (Å²) in [6.07, 6.45) is 7.55. The number of benzene rings is 1. The fraction of sp³-hybridized carbons (Fsp3) is 0.560. The van der Waals surface area contributed by atoms with Crippen LogP contribution >= 0.6 is 0 Å². The van der Waals surface area contributed by atoms with Crippen LogP contribution in [0.2, 0.25) is 0 Å². The van der Waals surface area contributed by atoms with Crippen LogP contribution in [0.5, 0.6) is 0 Å². The lowest BCUT2D eigenvalue weighted by Gasteiger charge is -2.36. The summed E-state index contributed by atoms with van der Waals surface area (Å²) in [6.45, 7) is 2.30. The van der Waals surface area contributed by atoms with Gasteiger partial charge >= 0.3 is 5.97 Å². The molecule has 1 aromatic carbocycles. The van der Waals surface area contributed by atoms with Crippen molar-refractivity contribution in [2.45, 2.75) is 70.6 Å². The van der Waals surface area contributed by atoms with Crippen LogP contribution in [0.1, 0.15) is 56.6 Å². The van der Waals surface area contributed by atoms with Crippen LogP contribution in [-0.4, -0.2) is 53.1 Å². The predicted molar refractivity (Wildman–Crippen MR) is 120 cm³/mol. The summed E-state index contributed by atoms with van der Waals surface area (Å²) >= 11 is 0. The van der Waals surface area contributed by atoms with Gasteiger partial charge in [0.2, 0.25) is 11.8 Å². The molecule has 7 nitrogen and oxygen atoms in total. The third-order valence-electron chi connectivity index (χ3n) is 6.16. The third-order valence-corrected chi connectivity index (χ3v) is 6.16. The van der Waals surface area contributed by atoms with E-state index in [0.29, 0.717) is 25.8 Å². The van der Waals surface area contributed by atoms with Crippen molar-refractivity contribution in [2.75, 3.05) is 13.2 Å². The molecular weight excluding hydrogens is 408 g/mol. The topological polar surface area (TPSA) is 95.9 Å². The molecule has 2 heterocycles. The van der Waals surface area contributed by atoms with Crippen LogP contribution in [0.3, 0.4) is 0 Å². The van der Waals surface area contributed by atoms with E-state index in [4.69, 9.17) is 4.74 Å². The van der Waals surface area contributed by atoms with E-state index in [1.54, 1.807) is 11.8 Å². The number of hydrogen-bond donors (Lipinski definition) is 2. The fourth-order valence-corrected chi connectivity index (χ4v) is 4.28. The highest BCUT2D eigenvalue weighted by Gasteiger charge is 2.32. The molecule has 0 saturated carbocycles. The first kappa shape index (κ1) is 24.0. The molecule has 0 unspecified atom stereocenters. The number of aliphatic hydroxyl groups excluding tert-OH is 1. The summed E-state index contributed by atoms with van der Waals surface area (Å²) in [5.74, 6) is -1.12. The fourth-order valence-electron chi connectivity index (χ4n) is 4.28. The summed E-state index contributed by atoms with van der Waals surface area (Å²) in [5, 5.41) is 12.7. The molecule has 0 radical (unpaired) electrons. The summed E-state index contributed by atoms with van der Waals surface area (Å²) in [4.78, 5) is 39.6. The van der Waals surface area contributed by atoms with Gasteiger partial charge in [0.1, 0.15) is 6.10 Å². The molecule has 0 aliphatic carbocycles. The first-order chi connectivity index (χ1) is 15.5. The number of carbonyl (C=O) groups is 3. The number of fused-ring (bicyclic) bond motifs is 1. The molecular formula is C25H34N2O5. The van der Waals surface area contributed by atoms with Gasteiger partial charge < -0.3 is 20.1 Å². The number of ether oxygens (including phenoxy) is 1. The second-order valence-corrected chi connectivity index (χ2v) is 8.73. The van der Waals surface area contributed by atoms with Gasteiger partial charge in [0.15, 0.2) is 0 Å². The lowest BCUT2D eigenvalue weighted by molar-refractivity contribution is -0.148. The summed E-state index contributed by atoms with van der Waals surface area (Å²) < 4.78 is 5.34. The lowest BCUT2D eigenvalue weighted by Crippen LogP contribution is -2.47. The van der Waals surface area contributed by atoms with Crippen LogP contribution in [0, 0.1) is 5.92 Å². The summed E-state index contributed by atoms with van der Waals surface area (Å²) in [7, 11) is 0. The van der Waals surface area contributed by atoms with Gasteiger partial charge in [-0.15, -0.1) is 0 Å². The molecule has 0 bridgehead atoms. The van der Waals surface area contributed by atoms with Crippen LogP contribution in [-0.2, 0) is 32.1 Å². The molecule has 2 N–H and O–H groups in total.